The third-order valence-electron chi connectivity index (χ3n) is 4.13. The largest absolute Gasteiger partial charge is 0.496 e. The van der Waals surface area contributed by atoms with Crippen molar-refractivity contribution in [2.75, 3.05) is 7.11 Å². The van der Waals surface area contributed by atoms with Crippen LogP contribution in [0.2, 0.25) is 0 Å². The standard InChI is InChI=1S/C15H20O5S/c1-10-3-5-11(6-4-10)21(18,19)12-7-8-14(20-2)13(9-12)15(16)17/h7-11H,3-6H2,1-2H3,(H,16,17). The highest BCUT2D eigenvalue weighted by Gasteiger charge is 2.31. The molecule has 0 amide bonds. The summed E-state index contributed by atoms with van der Waals surface area (Å²) in [5.74, 6) is -0.471. The minimum Gasteiger partial charge on any atom is -0.496 e. The molecule has 1 aliphatic rings. The molecule has 116 valence electrons. The van der Waals surface area contributed by atoms with Crippen molar-refractivity contribution in [2.45, 2.75) is 42.8 Å². The van der Waals surface area contributed by atoms with Crippen LogP contribution >= 0.6 is 0 Å². The van der Waals surface area contributed by atoms with Gasteiger partial charge in [0.25, 0.3) is 0 Å². The Morgan fingerprint density at radius 2 is 1.86 bits per heavy atom. The first-order valence-corrected chi connectivity index (χ1v) is 8.56. The van der Waals surface area contributed by atoms with Crippen molar-refractivity contribution in [1.82, 2.24) is 0 Å². The van der Waals surface area contributed by atoms with Crippen molar-refractivity contribution in [1.29, 1.82) is 0 Å². The molecule has 0 spiro atoms. The van der Waals surface area contributed by atoms with Crippen LogP contribution in [0.1, 0.15) is 43.0 Å². The molecule has 0 atom stereocenters. The molecule has 0 aromatic heterocycles. The molecule has 1 saturated carbocycles. The first-order valence-electron chi connectivity index (χ1n) is 7.01. The van der Waals surface area contributed by atoms with Gasteiger partial charge in [0.1, 0.15) is 11.3 Å². The molecule has 2 rings (SSSR count). The van der Waals surface area contributed by atoms with E-state index in [-0.39, 0.29) is 16.2 Å². The van der Waals surface area contributed by atoms with Crippen LogP contribution in [-0.2, 0) is 9.84 Å². The van der Waals surface area contributed by atoms with Gasteiger partial charge in [-0.05, 0) is 49.8 Å². The first kappa shape index (κ1) is 15.8. The Morgan fingerprint density at radius 1 is 1.24 bits per heavy atom. The number of methoxy groups -OCH3 is 1. The van der Waals surface area contributed by atoms with E-state index in [2.05, 4.69) is 6.92 Å². The summed E-state index contributed by atoms with van der Waals surface area (Å²) >= 11 is 0. The van der Waals surface area contributed by atoms with Gasteiger partial charge in [-0.2, -0.15) is 0 Å². The first-order chi connectivity index (χ1) is 9.86. The van der Waals surface area contributed by atoms with E-state index in [1.54, 1.807) is 0 Å². The predicted octanol–water partition coefficient (Wildman–Crippen LogP) is 2.75. The Morgan fingerprint density at radius 3 is 2.38 bits per heavy atom. The Kier molecular flexibility index (Phi) is 4.56. The number of hydrogen-bond donors (Lipinski definition) is 1. The van der Waals surface area contributed by atoms with E-state index >= 15 is 0 Å². The summed E-state index contributed by atoms with van der Waals surface area (Å²) in [5, 5.41) is 8.74. The molecule has 1 N–H and O–H groups in total. The third kappa shape index (κ3) is 3.20. The van der Waals surface area contributed by atoms with Gasteiger partial charge in [-0.1, -0.05) is 6.92 Å². The number of carbonyl (C=O) groups is 1. The zero-order chi connectivity index (χ0) is 15.6. The maximum absolute atomic E-state index is 12.6. The van der Waals surface area contributed by atoms with Crippen molar-refractivity contribution < 1.29 is 23.1 Å². The molecule has 1 aliphatic carbocycles. The van der Waals surface area contributed by atoms with Crippen molar-refractivity contribution >= 4 is 15.8 Å². The van der Waals surface area contributed by atoms with Gasteiger partial charge in [0, 0.05) is 0 Å². The summed E-state index contributed by atoms with van der Waals surface area (Å²) in [5.41, 5.74) is -0.122. The van der Waals surface area contributed by atoms with E-state index in [1.807, 2.05) is 0 Å². The van der Waals surface area contributed by atoms with Crippen LogP contribution < -0.4 is 4.74 Å². The zero-order valence-electron chi connectivity index (χ0n) is 12.2. The van der Waals surface area contributed by atoms with Gasteiger partial charge in [-0.25, -0.2) is 13.2 Å². The average molecular weight is 312 g/mol. The molecule has 0 radical (unpaired) electrons. The van der Waals surface area contributed by atoms with Crippen molar-refractivity contribution in [2.24, 2.45) is 5.92 Å². The highest BCUT2D eigenvalue weighted by molar-refractivity contribution is 7.92. The molecule has 1 aromatic carbocycles. The normalized spacial score (nSPS) is 22.8. The van der Waals surface area contributed by atoms with Gasteiger partial charge in [-0.15, -0.1) is 0 Å². The Balaban J connectivity index is 2.36. The van der Waals surface area contributed by atoms with Gasteiger partial charge >= 0.3 is 5.97 Å². The molecule has 5 nitrogen and oxygen atoms in total. The minimum absolute atomic E-state index is 0.0697. The van der Waals surface area contributed by atoms with Gasteiger partial charge < -0.3 is 9.84 Å². The quantitative estimate of drug-likeness (QED) is 0.924. The van der Waals surface area contributed by atoms with Gasteiger partial charge in [0.05, 0.1) is 17.3 Å². The smallest absolute Gasteiger partial charge is 0.339 e. The van der Waals surface area contributed by atoms with Gasteiger partial charge in [0.15, 0.2) is 9.84 Å². The van der Waals surface area contributed by atoms with Crippen LogP contribution in [0.25, 0.3) is 0 Å². The lowest BCUT2D eigenvalue weighted by Gasteiger charge is -2.26. The predicted molar refractivity (Wildman–Crippen MR) is 78.6 cm³/mol. The van der Waals surface area contributed by atoms with Crippen molar-refractivity contribution in [3.63, 3.8) is 0 Å². The minimum atomic E-state index is -3.49. The van der Waals surface area contributed by atoms with E-state index in [4.69, 9.17) is 9.84 Å². The fraction of sp³-hybridized carbons (Fsp3) is 0.533. The molecular formula is C15H20O5S. The lowest BCUT2D eigenvalue weighted by atomic mass is 9.91. The molecule has 0 saturated heterocycles. The number of hydrogen-bond acceptors (Lipinski definition) is 4. The van der Waals surface area contributed by atoms with E-state index in [9.17, 15) is 13.2 Å². The van der Waals surface area contributed by atoms with E-state index in [1.165, 1.54) is 25.3 Å². The summed E-state index contributed by atoms with van der Waals surface area (Å²) in [6, 6.07) is 4.04. The third-order valence-corrected chi connectivity index (χ3v) is 6.39. The highest BCUT2D eigenvalue weighted by Crippen LogP contribution is 2.33. The maximum Gasteiger partial charge on any atom is 0.339 e. The second kappa shape index (κ2) is 6.05. The number of carboxylic acid groups (broad SMARTS) is 1. The zero-order valence-corrected chi connectivity index (χ0v) is 13.0. The van der Waals surface area contributed by atoms with Gasteiger partial charge in [0.2, 0.25) is 0 Å². The van der Waals surface area contributed by atoms with Crippen molar-refractivity contribution in [3.8, 4) is 5.75 Å². The summed E-state index contributed by atoms with van der Waals surface area (Å²) < 4.78 is 30.2. The van der Waals surface area contributed by atoms with Crippen LogP contribution in [0.3, 0.4) is 0 Å². The maximum atomic E-state index is 12.6. The molecule has 0 heterocycles. The second-order valence-corrected chi connectivity index (χ2v) is 7.82. The summed E-state index contributed by atoms with van der Waals surface area (Å²) in [4.78, 5) is 11.3. The number of carboxylic acids is 1. The Bertz CT molecular complexity index is 627. The molecule has 0 bridgehead atoms. The number of ether oxygens (including phenoxy) is 1. The Labute approximate surface area is 124 Å². The number of aromatic carboxylic acids is 1. The number of rotatable bonds is 4. The van der Waals surface area contributed by atoms with E-state index in [0.717, 1.165) is 12.8 Å². The lowest BCUT2D eigenvalue weighted by Crippen LogP contribution is -2.26. The summed E-state index contributed by atoms with van der Waals surface area (Å²) in [6.45, 7) is 2.12. The average Bonchev–Trinajstić information content (AvgIpc) is 2.46. The molecule has 1 aromatic rings. The molecule has 0 unspecified atom stereocenters. The fourth-order valence-corrected chi connectivity index (χ4v) is 4.58. The van der Waals surface area contributed by atoms with Crippen molar-refractivity contribution in [3.05, 3.63) is 23.8 Å². The van der Waals surface area contributed by atoms with Crippen LogP contribution in [0.15, 0.2) is 23.1 Å². The topological polar surface area (TPSA) is 80.7 Å². The van der Waals surface area contributed by atoms with Crippen LogP contribution in [0, 0.1) is 5.92 Å². The summed E-state index contributed by atoms with van der Waals surface area (Å²) in [7, 11) is -2.13. The highest BCUT2D eigenvalue weighted by atomic mass is 32.2. The molecule has 6 heteroatoms. The fourth-order valence-electron chi connectivity index (χ4n) is 2.76. The second-order valence-electron chi connectivity index (χ2n) is 5.59. The lowest BCUT2D eigenvalue weighted by molar-refractivity contribution is 0.0693. The summed E-state index contributed by atoms with van der Waals surface area (Å²) in [6.07, 6.45) is 3.06. The monoisotopic (exact) mass is 312 g/mol. The van der Waals surface area contributed by atoms with E-state index < -0.39 is 21.1 Å². The molecule has 21 heavy (non-hydrogen) atoms. The SMILES string of the molecule is COc1ccc(S(=O)(=O)C2CCC(C)CC2)cc1C(=O)O. The molecular weight excluding hydrogens is 292 g/mol. The molecule has 1 fully saturated rings. The molecule has 0 aliphatic heterocycles. The van der Waals surface area contributed by atoms with Gasteiger partial charge in [-0.3, -0.25) is 0 Å². The van der Waals surface area contributed by atoms with Crippen LogP contribution in [0.5, 0.6) is 5.75 Å². The number of benzene rings is 1. The Hall–Kier alpha value is -1.56. The van der Waals surface area contributed by atoms with Crippen LogP contribution in [-0.4, -0.2) is 31.9 Å². The van der Waals surface area contributed by atoms with Crippen LogP contribution in [0.4, 0.5) is 0 Å². The number of sulfone groups is 1. The van der Waals surface area contributed by atoms with E-state index in [0.29, 0.717) is 18.8 Å².